The fourth-order valence-electron chi connectivity index (χ4n) is 2.05. The maximum Gasteiger partial charge on any atom is 0.314 e. The molecular weight excluding hydrogens is 222 g/mol. The second-order valence-corrected chi connectivity index (χ2v) is 4.68. The van der Waals surface area contributed by atoms with Crippen LogP contribution in [0.2, 0.25) is 0 Å². The van der Waals surface area contributed by atoms with E-state index in [-0.39, 0.29) is 17.9 Å². The first-order valence-corrected chi connectivity index (χ1v) is 6.01. The van der Waals surface area contributed by atoms with E-state index in [1.165, 1.54) is 0 Å². The van der Waals surface area contributed by atoms with Gasteiger partial charge in [0.25, 0.3) is 0 Å². The topological polar surface area (TPSA) is 104 Å². The molecule has 0 spiro atoms. The molecule has 0 atom stereocenters. The Kier molecular flexibility index (Phi) is 5.21. The third-order valence-electron chi connectivity index (χ3n) is 3.23. The molecule has 17 heavy (non-hydrogen) atoms. The lowest BCUT2D eigenvalue weighted by molar-refractivity contribution is -0.141. The Bertz CT molecular complexity index is 277. The van der Waals surface area contributed by atoms with E-state index in [4.69, 9.17) is 10.8 Å². The van der Waals surface area contributed by atoms with Crippen molar-refractivity contribution < 1.29 is 14.7 Å². The maximum absolute atomic E-state index is 11.4. The molecule has 0 unspecified atom stereocenters. The average molecular weight is 243 g/mol. The molecule has 0 heterocycles. The highest BCUT2D eigenvalue weighted by molar-refractivity contribution is 5.74. The first-order valence-electron chi connectivity index (χ1n) is 6.01. The van der Waals surface area contributed by atoms with Crippen LogP contribution in [0.3, 0.4) is 0 Å². The van der Waals surface area contributed by atoms with Crippen molar-refractivity contribution in [2.24, 2.45) is 11.1 Å². The molecule has 1 fully saturated rings. The molecule has 0 aromatic heterocycles. The van der Waals surface area contributed by atoms with Crippen LogP contribution in [0.4, 0.5) is 4.79 Å². The summed E-state index contributed by atoms with van der Waals surface area (Å²) in [5, 5.41) is 14.2. The number of nitrogens with two attached hydrogens (primary N) is 1. The quantitative estimate of drug-likeness (QED) is 0.482. The number of carboxylic acids is 1. The number of carbonyl (C=O) groups is 2. The highest BCUT2D eigenvalue weighted by Gasteiger charge is 2.39. The Labute approximate surface area is 101 Å². The fourth-order valence-corrected chi connectivity index (χ4v) is 2.05. The predicted octanol–water partition coefficient (Wildman–Crippen LogP) is 0.279. The Balaban J connectivity index is 2.23. The lowest BCUT2D eigenvalue weighted by Crippen LogP contribution is -2.46. The van der Waals surface area contributed by atoms with Gasteiger partial charge in [0.05, 0.1) is 6.42 Å². The Morgan fingerprint density at radius 2 is 2.00 bits per heavy atom. The zero-order chi connectivity index (χ0) is 12.7. The maximum atomic E-state index is 11.4. The van der Waals surface area contributed by atoms with Crippen LogP contribution in [0, 0.1) is 5.41 Å². The van der Waals surface area contributed by atoms with Crippen LogP contribution in [0.25, 0.3) is 0 Å². The largest absolute Gasteiger partial charge is 0.481 e. The van der Waals surface area contributed by atoms with Gasteiger partial charge in [0, 0.05) is 13.1 Å². The van der Waals surface area contributed by atoms with Gasteiger partial charge in [-0.1, -0.05) is 6.42 Å². The number of aliphatic carboxylic acids is 1. The molecule has 0 aromatic carbocycles. The van der Waals surface area contributed by atoms with Crippen molar-refractivity contribution in [1.29, 1.82) is 0 Å². The van der Waals surface area contributed by atoms with Gasteiger partial charge in [0.2, 0.25) is 0 Å². The van der Waals surface area contributed by atoms with Crippen LogP contribution >= 0.6 is 0 Å². The van der Waals surface area contributed by atoms with Crippen LogP contribution in [-0.4, -0.2) is 36.7 Å². The molecule has 98 valence electrons. The normalized spacial score (nSPS) is 17.0. The summed E-state index contributed by atoms with van der Waals surface area (Å²) >= 11 is 0. The van der Waals surface area contributed by atoms with Crippen molar-refractivity contribution in [3.05, 3.63) is 0 Å². The lowest BCUT2D eigenvalue weighted by atomic mass is 9.66. The minimum atomic E-state index is -0.796. The van der Waals surface area contributed by atoms with Gasteiger partial charge in [-0.15, -0.1) is 0 Å². The minimum absolute atomic E-state index is 0.135. The van der Waals surface area contributed by atoms with Crippen molar-refractivity contribution in [3.8, 4) is 0 Å². The van der Waals surface area contributed by atoms with Gasteiger partial charge < -0.3 is 21.5 Å². The summed E-state index contributed by atoms with van der Waals surface area (Å²) in [4.78, 5) is 22.1. The van der Waals surface area contributed by atoms with Gasteiger partial charge in [-0.3, -0.25) is 4.79 Å². The van der Waals surface area contributed by atoms with E-state index in [0.29, 0.717) is 19.6 Å². The zero-order valence-electron chi connectivity index (χ0n) is 10.00. The summed E-state index contributed by atoms with van der Waals surface area (Å²) in [6, 6.07) is -0.241. The molecule has 1 rings (SSSR count). The number of urea groups is 1. The van der Waals surface area contributed by atoms with Crippen LogP contribution in [0.1, 0.15) is 32.1 Å². The summed E-state index contributed by atoms with van der Waals surface area (Å²) in [5.74, 6) is -0.796. The van der Waals surface area contributed by atoms with Crippen LogP contribution in [0.5, 0.6) is 0 Å². The number of rotatable bonds is 7. The molecule has 6 heteroatoms. The number of carboxylic acid groups (broad SMARTS) is 1. The first kappa shape index (κ1) is 13.8. The van der Waals surface area contributed by atoms with E-state index in [0.717, 1.165) is 25.7 Å². The second-order valence-electron chi connectivity index (χ2n) is 4.68. The highest BCUT2D eigenvalue weighted by Crippen LogP contribution is 2.43. The third kappa shape index (κ3) is 4.60. The van der Waals surface area contributed by atoms with Crippen LogP contribution in [-0.2, 0) is 4.79 Å². The first-order chi connectivity index (χ1) is 8.08. The molecule has 6 nitrogen and oxygen atoms in total. The van der Waals surface area contributed by atoms with E-state index in [1.807, 2.05) is 0 Å². The molecule has 2 amide bonds. The second kappa shape index (κ2) is 6.44. The van der Waals surface area contributed by atoms with Crippen molar-refractivity contribution in [2.45, 2.75) is 32.1 Å². The summed E-state index contributed by atoms with van der Waals surface area (Å²) in [6.07, 6.45) is 3.68. The summed E-state index contributed by atoms with van der Waals surface area (Å²) in [5.41, 5.74) is 5.08. The molecule has 1 saturated carbocycles. The number of hydrogen-bond donors (Lipinski definition) is 4. The molecule has 0 aliphatic heterocycles. The smallest absolute Gasteiger partial charge is 0.314 e. The predicted molar refractivity (Wildman–Crippen MR) is 63.6 cm³/mol. The number of hydrogen-bond acceptors (Lipinski definition) is 3. The van der Waals surface area contributed by atoms with E-state index >= 15 is 0 Å². The average Bonchev–Trinajstić information content (AvgIpc) is 2.22. The monoisotopic (exact) mass is 243 g/mol. The van der Waals surface area contributed by atoms with E-state index < -0.39 is 5.97 Å². The zero-order valence-corrected chi connectivity index (χ0v) is 10.00. The molecule has 0 saturated heterocycles. The van der Waals surface area contributed by atoms with Crippen LogP contribution < -0.4 is 16.4 Å². The van der Waals surface area contributed by atoms with Gasteiger partial charge in [-0.2, -0.15) is 0 Å². The van der Waals surface area contributed by atoms with Gasteiger partial charge in [0.1, 0.15) is 0 Å². The van der Waals surface area contributed by atoms with Gasteiger partial charge in [-0.25, -0.2) is 4.79 Å². The van der Waals surface area contributed by atoms with E-state index in [9.17, 15) is 9.59 Å². The summed E-state index contributed by atoms with van der Waals surface area (Å²) in [7, 11) is 0. The Morgan fingerprint density at radius 1 is 1.29 bits per heavy atom. The number of amides is 2. The Hall–Kier alpha value is -1.30. The molecule has 0 bridgehead atoms. The van der Waals surface area contributed by atoms with Crippen molar-refractivity contribution in [3.63, 3.8) is 0 Å². The van der Waals surface area contributed by atoms with Crippen molar-refractivity contribution in [2.75, 3.05) is 19.6 Å². The standard InChI is InChI=1S/C11H21N3O3/c12-5-2-6-13-10(17)14-8-11(3-1-4-11)7-9(15)16/h1-8,12H2,(H,15,16)(H2,13,14,17). The minimum Gasteiger partial charge on any atom is -0.481 e. The molecule has 1 aliphatic rings. The van der Waals surface area contributed by atoms with Gasteiger partial charge in [0.15, 0.2) is 0 Å². The molecule has 0 radical (unpaired) electrons. The van der Waals surface area contributed by atoms with Gasteiger partial charge >= 0.3 is 12.0 Å². The molecule has 5 N–H and O–H groups in total. The number of carbonyl (C=O) groups excluding carboxylic acids is 1. The summed E-state index contributed by atoms with van der Waals surface area (Å²) in [6.45, 7) is 1.53. The van der Waals surface area contributed by atoms with Crippen molar-refractivity contribution >= 4 is 12.0 Å². The lowest BCUT2D eigenvalue weighted by Gasteiger charge is -2.40. The third-order valence-corrected chi connectivity index (χ3v) is 3.23. The molecule has 0 aromatic rings. The van der Waals surface area contributed by atoms with E-state index in [2.05, 4.69) is 10.6 Å². The van der Waals surface area contributed by atoms with Crippen LogP contribution in [0.15, 0.2) is 0 Å². The molecular formula is C11H21N3O3. The highest BCUT2D eigenvalue weighted by atomic mass is 16.4. The fraction of sp³-hybridized carbons (Fsp3) is 0.818. The Morgan fingerprint density at radius 3 is 2.47 bits per heavy atom. The SMILES string of the molecule is NCCCNC(=O)NCC1(CC(=O)O)CCC1. The number of nitrogens with one attached hydrogen (secondary N) is 2. The molecule has 1 aliphatic carbocycles. The van der Waals surface area contributed by atoms with E-state index in [1.54, 1.807) is 0 Å². The van der Waals surface area contributed by atoms with Gasteiger partial charge in [-0.05, 0) is 31.2 Å². The van der Waals surface area contributed by atoms with Crippen molar-refractivity contribution in [1.82, 2.24) is 10.6 Å². The summed E-state index contributed by atoms with van der Waals surface area (Å²) < 4.78 is 0.